The fourth-order valence-electron chi connectivity index (χ4n) is 3.11. The second-order valence-corrected chi connectivity index (χ2v) is 6.21. The molecule has 0 bridgehead atoms. The van der Waals surface area contributed by atoms with Gasteiger partial charge in [0.05, 0.1) is 0 Å². The number of benzene rings is 1. The first-order chi connectivity index (χ1) is 11.7. The van der Waals surface area contributed by atoms with Crippen LogP contribution in [0.2, 0.25) is 0 Å². The van der Waals surface area contributed by atoms with Crippen molar-refractivity contribution >= 4 is 11.8 Å². The lowest BCUT2D eigenvalue weighted by molar-refractivity contribution is -0.152. The lowest BCUT2D eigenvalue weighted by atomic mass is 9.90. The Hall–Kier alpha value is -2.36. The molecule has 0 N–H and O–H groups in total. The van der Waals surface area contributed by atoms with Gasteiger partial charge < -0.3 is 9.80 Å². The maximum absolute atomic E-state index is 12.4. The van der Waals surface area contributed by atoms with Gasteiger partial charge in [0, 0.05) is 26.2 Å². The van der Waals surface area contributed by atoms with Gasteiger partial charge in [-0.25, -0.2) is 0 Å². The molecule has 128 valence electrons. The van der Waals surface area contributed by atoms with Crippen LogP contribution in [0.4, 0.5) is 0 Å². The summed E-state index contributed by atoms with van der Waals surface area (Å²) in [6.07, 6.45) is 6.17. The average molecular weight is 326 g/mol. The van der Waals surface area contributed by atoms with Crippen LogP contribution in [-0.4, -0.2) is 47.8 Å². The second-order valence-electron chi connectivity index (χ2n) is 6.21. The van der Waals surface area contributed by atoms with Gasteiger partial charge in [-0.05, 0) is 30.7 Å². The van der Waals surface area contributed by atoms with E-state index < -0.39 is 11.8 Å². The molecule has 4 nitrogen and oxygen atoms in total. The normalized spacial score (nSPS) is 14.9. The largest absolute Gasteiger partial charge is 0.334 e. The van der Waals surface area contributed by atoms with Crippen molar-refractivity contribution in [3.8, 4) is 0 Å². The lowest BCUT2D eigenvalue weighted by Crippen LogP contribution is -2.48. The first-order valence-corrected chi connectivity index (χ1v) is 8.49. The molecular weight excluding hydrogens is 300 g/mol. The summed E-state index contributed by atoms with van der Waals surface area (Å²) in [4.78, 5) is 27.9. The zero-order valence-corrected chi connectivity index (χ0v) is 14.2. The SMILES string of the molecule is C=CCN(CC=C)C(=O)C(=O)N1CCC(Cc2ccccc2)CC1. The Morgan fingerprint density at radius 3 is 2.21 bits per heavy atom. The summed E-state index contributed by atoms with van der Waals surface area (Å²) in [5, 5.41) is 0. The predicted molar refractivity (Wildman–Crippen MR) is 96.4 cm³/mol. The Bertz CT molecular complexity index is 565. The van der Waals surface area contributed by atoms with E-state index in [1.807, 2.05) is 6.07 Å². The Morgan fingerprint density at radius 1 is 1.08 bits per heavy atom. The molecule has 1 saturated heterocycles. The van der Waals surface area contributed by atoms with Crippen LogP contribution in [0.5, 0.6) is 0 Å². The van der Waals surface area contributed by atoms with Crippen LogP contribution in [0, 0.1) is 5.92 Å². The van der Waals surface area contributed by atoms with E-state index in [9.17, 15) is 9.59 Å². The number of likely N-dealkylation sites (tertiary alicyclic amines) is 1. The van der Waals surface area contributed by atoms with E-state index in [1.165, 1.54) is 10.5 Å². The maximum Gasteiger partial charge on any atom is 0.312 e. The van der Waals surface area contributed by atoms with Gasteiger partial charge in [0.1, 0.15) is 0 Å². The molecule has 2 rings (SSSR count). The quantitative estimate of drug-likeness (QED) is 0.596. The second kappa shape index (κ2) is 9.06. The molecule has 0 spiro atoms. The van der Waals surface area contributed by atoms with E-state index in [0.717, 1.165) is 19.3 Å². The van der Waals surface area contributed by atoms with Crippen LogP contribution in [0.25, 0.3) is 0 Å². The van der Waals surface area contributed by atoms with E-state index in [1.54, 1.807) is 17.1 Å². The van der Waals surface area contributed by atoms with Gasteiger partial charge in [0.15, 0.2) is 0 Å². The third kappa shape index (κ3) is 4.82. The van der Waals surface area contributed by atoms with Crippen LogP contribution in [0.3, 0.4) is 0 Å². The Morgan fingerprint density at radius 2 is 1.67 bits per heavy atom. The molecule has 0 saturated carbocycles. The highest BCUT2D eigenvalue weighted by Gasteiger charge is 2.29. The monoisotopic (exact) mass is 326 g/mol. The number of nitrogens with zero attached hydrogens (tertiary/aromatic N) is 2. The van der Waals surface area contributed by atoms with Gasteiger partial charge in [0.2, 0.25) is 0 Å². The maximum atomic E-state index is 12.4. The Labute approximate surface area is 144 Å². The lowest BCUT2D eigenvalue weighted by Gasteiger charge is -2.32. The molecule has 1 aromatic carbocycles. The minimum absolute atomic E-state index is 0.362. The van der Waals surface area contributed by atoms with E-state index in [-0.39, 0.29) is 0 Å². The van der Waals surface area contributed by atoms with Gasteiger partial charge in [-0.3, -0.25) is 9.59 Å². The molecule has 0 aromatic heterocycles. The summed E-state index contributed by atoms with van der Waals surface area (Å²) in [5.74, 6) is -0.294. The first-order valence-electron chi connectivity index (χ1n) is 8.49. The molecule has 4 heteroatoms. The zero-order chi connectivity index (χ0) is 17.4. The van der Waals surface area contributed by atoms with Crippen LogP contribution in [-0.2, 0) is 16.0 Å². The van der Waals surface area contributed by atoms with Crippen LogP contribution in [0.1, 0.15) is 18.4 Å². The Kier molecular flexibility index (Phi) is 6.79. The molecule has 2 amide bonds. The minimum Gasteiger partial charge on any atom is -0.334 e. The van der Waals surface area contributed by atoms with Crippen LogP contribution < -0.4 is 0 Å². The number of rotatable bonds is 6. The highest BCUT2D eigenvalue weighted by Crippen LogP contribution is 2.22. The number of carbonyl (C=O) groups is 2. The number of carbonyl (C=O) groups excluding carboxylic acids is 2. The summed E-state index contributed by atoms with van der Waals surface area (Å²) < 4.78 is 0. The van der Waals surface area contributed by atoms with Crippen molar-refractivity contribution in [2.45, 2.75) is 19.3 Å². The van der Waals surface area contributed by atoms with Crippen LogP contribution in [0.15, 0.2) is 55.6 Å². The van der Waals surface area contributed by atoms with Crippen molar-refractivity contribution in [1.29, 1.82) is 0 Å². The van der Waals surface area contributed by atoms with Gasteiger partial charge in [-0.15, -0.1) is 13.2 Å². The molecule has 0 unspecified atom stereocenters. The summed E-state index contributed by atoms with van der Waals surface area (Å²) in [5.41, 5.74) is 1.33. The molecule has 24 heavy (non-hydrogen) atoms. The molecule has 0 aliphatic carbocycles. The van der Waals surface area contributed by atoms with E-state index in [4.69, 9.17) is 0 Å². The number of hydrogen-bond acceptors (Lipinski definition) is 2. The topological polar surface area (TPSA) is 40.6 Å². The molecule has 1 fully saturated rings. The minimum atomic E-state index is -0.462. The fourth-order valence-corrected chi connectivity index (χ4v) is 3.11. The molecule has 0 radical (unpaired) electrons. The van der Waals surface area contributed by atoms with Crippen molar-refractivity contribution in [1.82, 2.24) is 9.80 Å². The molecule has 1 aromatic rings. The zero-order valence-electron chi connectivity index (χ0n) is 14.2. The van der Waals surface area contributed by atoms with Gasteiger partial charge in [0.25, 0.3) is 0 Å². The van der Waals surface area contributed by atoms with Crippen molar-refractivity contribution in [3.05, 3.63) is 61.2 Å². The summed E-state index contributed by atoms with van der Waals surface area (Å²) in [7, 11) is 0. The smallest absolute Gasteiger partial charge is 0.312 e. The molecule has 0 atom stereocenters. The summed E-state index contributed by atoms with van der Waals surface area (Å²) in [6, 6.07) is 10.4. The number of hydrogen-bond donors (Lipinski definition) is 0. The standard InChI is InChI=1S/C20H26N2O2/c1-3-12-21(13-4-2)19(23)20(24)22-14-10-18(11-15-22)16-17-8-6-5-7-9-17/h3-9,18H,1-2,10-16H2. The van der Waals surface area contributed by atoms with E-state index >= 15 is 0 Å². The van der Waals surface area contributed by atoms with Gasteiger partial charge >= 0.3 is 11.8 Å². The van der Waals surface area contributed by atoms with Crippen molar-refractivity contribution < 1.29 is 9.59 Å². The third-order valence-corrected chi connectivity index (χ3v) is 4.44. The first kappa shape index (κ1) is 18.0. The summed E-state index contributed by atoms with van der Waals surface area (Å²) in [6.45, 7) is 9.29. The molecule has 1 heterocycles. The third-order valence-electron chi connectivity index (χ3n) is 4.44. The fraction of sp³-hybridized carbons (Fsp3) is 0.400. The van der Waals surface area contributed by atoms with Crippen LogP contribution >= 0.6 is 0 Å². The molecular formula is C20H26N2O2. The van der Waals surface area contributed by atoms with Crippen molar-refractivity contribution in [2.24, 2.45) is 5.92 Å². The highest BCUT2D eigenvalue weighted by molar-refractivity contribution is 6.35. The molecule has 1 aliphatic rings. The predicted octanol–water partition coefficient (Wildman–Crippen LogP) is 2.67. The van der Waals surface area contributed by atoms with Gasteiger partial charge in [-0.1, -0.05) is 42.5 Å². The van der Waals surface area contributed by atoms with E-state index in [2.05, 4.69) is 37.4 Å². The van der Waals surface area contributed by atoms with Gasteiger partial charge in [-0.2, -0.15) is 0 Å². The Balaban J connectivity index is 1.86. The molecule has 1 aliphatic heterocycles. The van der Waals surface area contributed by atoms with E-state index in [0.29, 0.717) is 32.1 Å². The van der Waals surface area contributed by atoms with Crippen molar-refractivity contribution in [2.75, 3.05) is 26.2 Å². The summed E-state index contributed by atoms with van der Waals surface area (Å²) >= 11 is 0. The number of amides is 2. The van der Waals surface area contributed by atoms with Crippen molar-refractivity contribution in [3.63, 3.8) is 0 Å². The highest BCUT2D eigenvalue weighted by atomic mass is 16.2. The number of piperidine rings is 1. The average Bonchev–Trinajstić information content (AvgIpc) is 2.62.